The largest absolute Gasteiger partial charge is 0.175 e. The van der Waals surface area contributed by atoms with E-state index in [4.69, 9.17) is 0 Å². The average Bonchev–Trinajstić information content (AvgIpc) is 3.25. The minimum atomic E-state index is -3.34. The summed E-state index contributed by atoms with van der Waals surface area (Å²) in [5.74, 6) is 0.380. The number of rotatable bonds is 13. The molecule has 0 radical (unpaired) electrons. The van der Waals surface area contributed by atoms with Gasteiger partial charge in [0.15, 0.2) is 8.07 Å². The molecule has 64 heavy (non-hydrogen) atoms. The molecule has 1 aliphatic rings. The van der Waals surface area contributed by atoms with Gasteiger partial charge in [0.25, 0.3) is 0 Å². The zero-order chi connectivity index (χ0) is 50.1. The second kappa shape index (κ2) is 17.3. The van der Waals surface area contributed by atoms with Crippen LogP contribution in [0.4, 0.5) is 0 Å². The van der Waals surface area contributed by atoms with Crippen molar-refractivity contribution in [2.45, 2.75) is 204 Å². The summed E-state index contributed by atoms with van der Waals surface area (Å²) in [4.78, 5) is 0. The highest BCUT2D eigenvalue weighted by molar-refractivity contribution is 7.29. The summed E-state index contributed by atoms with van der Waals surface area (Å²) in [6.07, 6.45) is 0. The van der Waals surface area contributed by atoms with Crippen molar-refractivity contribution in [1.29, 1.82) is 0 Å². The van der Waals surface area contributed by atoms with E-state index in [2.05, 4.69) is 241 Å². The van der Waals surface area contributed by atoms with E-state index in [1.165, 1.54) is 0 Å². The Hall–Kier alpha value is -0.691. The highest BCUT2D eigenvalue weighted by Crippen LogP contribution is 2.42. The molecule has 0 aliphatic heterocycles. The number of hydrogen-bond donors (Lipinski definition) is 0. The lowest BCUT2D eigenvalue weighted by Gasteiger charge is -2.52. The number of allylic oxidation sites excluding steroid dienone is 4. The molecule has 0 nitrogen and oxygen atoms in total. The summed E-state index contributed by atoms with van der Waals surface area (Å²) >= 11 is 0. The smallest absolute Gasteiger partial charge is 0.0656 e. The normalized spacial score (nSPS) is 17.0. The van der Waals surface area contributed by atoms with Gasteiger partial charge in [0.05, 0.1) is 72.7 Å². The molecule has 1 unspecified atom stereocenters. The van der Waals surface area contributed by atoms with Gasteiger partial charge in [0.1, 0.15) is 0 Å². The van der Waals surface area contributed by atoms with E-state index in [0.29, 0.717) is 5.92 Å². The molecule has 10 heteroatoms. The van der Waals surface area contributed by atoms with Gasteiger partial charge in [-0.05, 0) is 47.8 Å². The highest BCUT2D eigenvalue weighted by atomic mass is 28.4. The Kier molecular flexibility index (Phi) is 15.1. The van der Waals surface area contributed by atoms with Crippen LogP contribution < -0.4 is 62.2 Å². The number of benzene rings is 3. The Morgan fingerprint density at radius 3 is 0.594 bits per heavy atom. The summed E-state index contributed by atoms with van der Waals surface area (Å²) in [5, 5.41) is 24.2. The first kappa shape index (κ1) is 55.9. The predicted molar refractivity (Wildman–Crippen MR) is 331 cm³/mol. The van der Waals surface area contributed by atoms with Gasteiger partial charge in [-0.15, -0.1) is 0 Å². The van der Waals surface area contributed by atoms with Crippen LogP contribution in [0.2, 0.25) is 177 Å². The molecule has 0 spiro atoms. The molecule has 0 saturated carbocycles. The Balaban J connectivity index is 3.05. The zero-order valence-electron chi connectivity index (χ0n) is 48.0. The molecule has 3 aromatic carbocycles. The predicted octanol–water partition coefficient (Wildman–Crippen LogP) is 9.91. The minimum absolute atomic E-state index is 0.380. The molecule has 3 aromatic rings. The van der Waals surface area contributed by atoms with Crippen LogP contribution in [-0.4, -0.2) is 80.7 Å². The van der Waals surface area contributed by atoms with Crippen LogP contribution in [-0.2, 0) is 0 Å². The third kappa shape index (κ3) is 10.1. The molecule has 0 heterocycles. The lowest BCUT2D eigenvalue weighted by Crippen LogP contribution is -2.92. The van der Waals surface area contributed by atoms with E-state index >= 15 is 0 Å². The molecule has 356 valence electrons. The maximum absolute atomic E-state index is 3.34. The molecule has 0 bridgehead atoms. The van der Waals surface area contributed by atoms with Gasteiger partial charge in [-0.2, -0.15) is 0 Å². The van der Waals surface area contributed by atoms with Gasteiger partial charge in [-0.25, -0.2) is 0 Å². The van der Waals surface area contributed by atoms with Crippen molar-refractivity contribution in [3.8, 4) is 0 Å². The number of hydrogen-bond acceptors (Lipinski definition) is 0. The molecule has 1 aliphatic carbocycles. The van der Waals surface area contributed by atoms with Crippen molar-refractivity contribution in [2.75, 3.05) is 0 Å². The van der Waals surface area contributed by atoms with Crippen molar-refractivity contribution >= 4 is 143 Å². The Bertz CT molecular complexity index is 2140. The second-order valence-electron chi connectivity index (χ2n) is 29.8. The van der Waals surface area contributed by atoms with Gasteiger partial charge < -0.3 is 0 Å². The van der Waals surface area contributed by atoms with Gasteiger partial charge in [0.2, 0.25) is 0 Å². The Morgan fingerprint density at radius 1 is 0.266 bits per heavy atom. The van der Waals surface area contributed by atoms with Crippen LogP contribution in [0, 0.1) is 5.92 Å². The van der Waals surface area contributed by atoms with E-state index in [1.807, 2.05) is 36.3 Å². The molecular weight excluding hydrogens is 929 g/mol. The summed E-state index contributed by atoms with van der Waals surface area (Å²) in [5.41, 5.74) is 4.87. The first-order chi connectivity index (χ1) is 28.2. The standard InChI is InChI=1S/C54H100Si10/c1-38-39(2)41(4)48(40(38)3)64(52-45(58(14,15)16)35-32-42(55(5,6)7)49(52)61(23,24)25,53-46(59(17,18)19)36-33-43(56(8,9)10)50(53)62(26,27)28)54-47(60(20,21)22)37-34-44(57(11,12)13)51(54)63(29,30)31/h32-37,40H,1-31H3. The molecule has 0 fully saturated rings. The molecule has 0 aromatic heterocycles. The third-order valence-electron chi connectivity index (χ3n) is 14.9. The van der Waals surface area contributed by atoms with Crippen molar-refractivity contribution < 1.29 is 0 Å². The van der Waals surface area contributed by atoms with Gasteiger partial charge in [-0.1, -0.05) is 283 Å². The molecule has 0 amide bonds. The summed E-state index contributed by atoms with van der Waals surface area (Å²) in [7, 11) is -21.3. The first-order valence-corrected chi connectivity index (χ1v) is 58.6. The molecule has 0 saturated heterocycles. The monoisotopic (exact) mass is 1030 g/mol. The Morgan fingerprint density at radius 2 is 0.453 bits per heavy atom. The Labute approximate surface area is 408 Å². The summed E-state index contributed by atoms with van der Waals surface area (Å²) in [6.45, 7) is 84.1. The fraction of sp³-hybridized carbons (Fsp3) is 0.593. The fourth-order valence-corrected chi connectivity index (χ4v) is 49.7. The fourth-order valence-electron chi connectivity index (χ4n) is 11.8. The van der Waals surface area contributed by atoms with E-state index in [-0.39, 0.29) is 0 Å². The highest BCUT2D eigenvalue weighted by Gasteiger charge is 2.59. The van der Waals surface area contributed by atoms with E-state index in [9.17, 15) is 0 Å². The molecule has 4 rings (SSSR count). The van der Waals surface area contributed by atoms with Crippen LogP contribution >= 0.6 is 0 Å². The van der Waals surface area contributed by atoms with E-state index in [1.54, 1.807) is 47.8 Å². The van der Waals surface area contributed by atoms with E-state index in [0.717, 1.165) is 0 Å². The zero-order valence-corrected chi connectivity index (χ0v) is 58.0. The van der Waals surface area contributed by atoms with Crippen molar-refractivity contribution in [3.05, 3.63) is 58.3 Å². The minimum Gasteiger partial charge on any atom is -0.0656 e. The van der Waals surface area contributed by atoms with Gasteiger partial charge in [-0.3, -0.25) is 0 Å². The maximum Gasteiger partial charge on any atom is 0.175 e. The van der Waals surface area contributed by atoms with Crippen LogP contribution in [0.3, 0.4) is 0 Å². The van der Waals surface area contributed by atoms with Crippen molar-refractivity contribution in [1.82, 2.24) is 0 Å². The van der Waals surface area contributed by atoms with Crippen molar-refractivity contribution in [3.63, 3.8) is 0 Å². The van der Waals surface area contributed by atoms with Crippen molar-refractivity contribution in [2.24, 2.45) is 5.92 Å². The van der Waals surface area contributed by atoms with Gasteiger partial charge in [0, 0.05) is 0 Å². The van der Waals surface area contributed by atoms with E-state index < -0.39 is 80.7 Å². The molecule has 1 atom stereocenters. The lowest BCUT2D eigenvalue weighted by atomic mass is 10.1. The first-order valence-electron chi connectivity index (χ1n) is 25.1. The summed E-state index contributed by atoms with van der Waals surface area (Å²) in [6, 6.07) is 16.7. The second-order valence-corrected chi connectivity index (χ2v) is 78.6. The summed E-state index contributed by atoms with van der Waals surface area (Å²) < 4.78 is 0. The van der Waals surface area contributed by atoms with Crippen LogP contribution in [0.5, 0.6) is 0 Å². The van der Waals surface area contributed by atoms with Crippen LogP contribution in [0.25, 0.3) is 0 Å². The topological polar surface area (TPSA) is 0 Å². The average molecular weight is 1030 g/mol. The maximum atomic E-state index is 2.82. The molecular formula is C54H100Si10. The lowest BCUT2D eigenvalue weighted by molar-refractivity contribution is 0.852. The van der Waals surface area contributed by atoms with Crippen LogP contribution in [0.1, 0.15) is 27.7 Å². The third-order valence-corrected chi connectivity index (χ3v) is 40.8. The quantitative estimate of drug-likeness (QED) is 0.118. The van der Waals surface area contributed by atoms with Gasteiger partial charge >= 0.3 is 0 Å². The van der Waals surface area contributed by atoms with Crippen LogP contribution in [0.15, 0.2) is 58.3 Å². The molecule has 0 N–H and O–H groups in total. The SMILES string of the molecule is CC1=C(C)C(C)C([Si](c2c([Si](C)(C)C)ccc([Si](C)(C)C)c2[Si](C)(C)C)(c2c([Si](C)(C)C)ccc([Si](C)(C)C)c2[Si](C)(C)C)c2c([Si](C)(C)C)ccc([Si](C)(C)C)c2[Si](C)(C)C)=C1C.